The molecule has 3 N–H and O–H groups in total. The van der Waals surface area contributed by atoms with Gasteiger partial charge in [-0.05, 0) is 72.8 Å². The summed E-state index contributed by atoms with van der Waals surface area (Å²) in [4.78, 5) is 13.3. The molecule has 1 aromatic heterocycles. The highest BCUT2D eigenvalue weighted by Gasteiger charge is 2.09. The molecule has 33 heavy (non-hydrogen) atoms. The van der Waals surface area contributed by atoms with Crippen molar-refractivity contribution >= 4 is 34.9 Å². The van der Waals surface area contributed by atoms with Crippen molar-refractivity contribution in [3.63, 3.8) is 0 Å². The lowest BCUT2D eigenvalue weighted by Crippen LogP contribution is -2.07. The molecule has 0 saturated carbocycles. The number of rotatable bonds is 6. The molecule has 9 heteroatoms. The quantitative estimate of drug-likeness (QED) is 0.396. The van der Waals surface area contributed by atoms with Gasteiger partial charge in [0, 0.05) is 17.1 Å². The van der Waals surface area contributed by atoms with E-state index in [0.29, 0.717) is 33.8 Å². The number of nitrogens with one attached hydrogen (secondary N) is 3. The predicted octanol–water partition coefficient (Wildman–Crippen LogP) is 4.72. The second-order valence-corrected chi connectivity index (χ2v) is 6.75. The van der Waals surface area contributed by atoms with Crippen molar-refractivity contribution in [2.45, 2.75) is 0 Å². The van der Waals surface area contributed by atoms with Crippen LogP contribution in [0.1, 0.15) is 16.7 Å². The second-order valence-electron chi connectivity index (χ2n) is 6.75. The average Bonchev–Trinajstić information content (AvgIpc) is 2.85. The fourth-order valence-corrected chi connectivity index (χ4v) is 2.82. The van der Waals surface area contributed by atoms with Gasteiger partial charge < -0.3 is 16.0 Å². The maximum absolute atomic E-state index is 8.98. The zero-order chi connectivity index (χ0) is 23.0. The third kappa shape index (κ3) is 5.37. The Kier molecular flexibility index (Phi) is 6.03. The standard InChI is InChI=1S/C24H15N9/c25-13-16-1-7-19(8-2-16)28-22-31-23(29-20-9-3-17(14-26)4-10-20)33-24(32-22)30-21-11-5-18(15-27)6-12-21/h1-12H,(H3,28,29,30,31,32,33). The van der Waals surface area contributed by atoms with Crippen LogP contribution in [-0.2, 0) is 0 Å². The summed E-state index contributed by atoms with van der Waals surface area (Å²) in [7, 11) is 0. The van der Waals surface area contributed by atoms with E-state index in [1.165, 1.54) is 0 Å². The molecule has 0 atom stereocenters. The summed E-state index contributed by atoms with van der Waals surface area (Å²) >= 11 is 0. The summed E-state index contributed by atoms with van der Waals surface area (Å²) in [6.45, 7) is 0. The molecule has 0 bridgehead atoms. The first-order valence-corrected chi connectivity index (χ1v) is 9.73. The van der Waals surface area contributed by atoms with Crippen LogP contribution in [0.3, 0.4) is 0 Å². The van der Waals surface area contributed by atoms with Crippen LogP contribution in [0.2, 0.25) is 0 Å². The number of hydrogen-bond acceptors (Lipinski definition) is 9. The Morgan fingerprint density at radius 3 is 0.879 bits per heavy atom. The van der Waals surface area contributed by atoms with Crippen LogP contribution >= 0.6 is 0 Å². The molecule has 0 aliphatic heterocycles. The fraction of sp³-hybridized carbons (Fsp3) is 0. The molecule has 4 rings (SSSR count). The van der Waals surface area contributed by atoms with Crippen molar-refractivity contribution in [1.82, 2.24) is 15.0 Å². The first-order chi connectivity index (χ1) is 16.1. The summed E-state index contributed by atoms with van der Waals surface area (Å²) in [5.74, 6) is 0.839. The number of anilines is 6. The topological polar surface area (TPSA) is 146 Å². The Balaban J connectivity index is 1.63. The molecule has 9 nitrogen and oxygen atoms in total. The molecule has 156 valence electrons. The van der Waals surface area contributed by atoms with E-state index in [9.17, 15) is 0 Å². The number of hydrogen-bond donors (Lipinski definition) is 3. The molecular formula is C24H15N9. The SMILES string of the molecule is N#Cc1ccc(Nc2nc(Nc3ccc(C#N)cc3)nc(Nc3ccc(C#N)cc3)n2)cc1. The molecule has 4 aromatic rings. The van der Waals surface area contributed by atoms with E-state index in [-0.39, 0.29) is 17.8 Å². The van der Waals surface area contributed by atoms with Crippen molar-refractivity contribution in [3.8, 4) is 18.2 Å². The van der Waals surface area contributed by atoms with Gasteiger partial charge in [-0.1, -0.05) is 0 Å². The molecule has 0 radical (unpaired) electrons. The van der Waals surface area contributed by atoms with Gasteiger partial charge in [0.05, 0.1) is 34.9 Å². The summed E-state index contributed by atoms with van der Waals surface area (Å²) in [6, 6.07) is 26.9. The summed E-state index contributed by atoms with van der Waals surface area (Å²) < 4.78 is 0. The van der Waals surface area contributed by atoms with Gasteiger partial charge in [-0.3, -0.25) is 0 Å². The van der Waals surface area contributed by atoms with Crippen LogP contribution in [0.15, 0.2) is 72.8 Å². The van der Waals surface area contributed by atoms with Crippen LogP contribution in [-0.4, -0.2) is 15.0 Å². The lowest BCUT2D eigenvalue weighted by molar-refractivity contribution is 1.06. The van der Waals surface area contributed by atoms with Crippen molar-refractivity contribution < 1.29 is 0 Å². The highest BCUT2D eigenvalue weighted by molar-refractivity contribution is 5.63. The van der Waals surface area contributed by atoms with Crippen LogP contribution in [0.5, 0.6) is 0 Å². The van der Waals surface area contributed by atoms with Crippen LogP contribution in [0.25, 0.3) is 0 Å². The second kappa shape index (κ2) is 9.57. The summed E-state index contributed by atoms with van der Waals surface area (Å²) in [5, 5.41) is 36.3. The van der Waals surface area contributed by atoms with Crippen molar-refractivity contribution in [2.24, 2.45) is 0 Å². The normalized spacial score (nSPS) is 9.73. The van der Waals surface area contributed by atoms with Crippen molar-refractivity contribution in [3.05, 3.63) is 89.5 Å². The van der Waals surface area contributed by atoms with Crippen LogP contribution in [0, 0.1) is 34.0 Å². The minimum Gasteiger partial charge on any atom is -0.324 e. The van der Waals surface area contributed by atoms with E-state index >= 15 is 0 Å². The Labute approximate surface area is 189 Å². The Morgan fingerprint density at radius 2 is 0.667 bits per heavy atom. The van der Waals surface area contributed by atoms with Crippen LogP contribution in [0.4, 0.5) is 34.9 Å². The smallest absolute Gasteiger partial charge is 0.233 e. The van der Waals surface area contributed by atoms with E-state index in [1.807, 2.05) is 0 Å². The Hall–Kier alpha value is -5.46. The zero-order valence-electron chi connectivity index (χ0n) is 17.1. The summed E-state index contributed by atoms with van der Waals surface area (Å²) in [5.41, 5.74) is 3.74. The molecule has 1 heterocycles. The predicted molar refractivity (Wildman–Crippen MR) is 123 cm³/mol. The van der Waals surface area contributed by atoms with Gasteiger partial charge >= 0.3 is 0 Å². The average molecular weight is 429 g/mol. The van der Waals surface area contributed by atoms with Gasteiger partial charge in [0.1, 0.15) is 0 Å². The third-order valence-corrected chi connectivity index (χ3v) is 4.45. The first-order valence-electron chi connectivity index (χ1n) is 9.73. The van der Waals surface area contributed by atoms with Crippen molar-refractivity contribution in [1.29, 1.82) is 15.8 Å². The molecule has 0 saturated heterocycles. The summed E-state index contributed by atoms with van der Waals surface area (Å²) in [6.07, 6.45) is 0. The maximum Gasteiger partial charge on any atom is 0.233 e. The van der Waals surface area contributed by atoms with Gasteiger partial charge in [-0.15, -0.1) is 0 Å². The van der Waals surface area contributed by atoms with E-state index in [2.05, 4.69) is 49.1 Å². The van der Waals surface area contributed by atoms with Gasteiger partial charge in [-0.2, -0.15) is 30.7 Å². The van der Waals surface area contributed by atoms with E-state index in [1.54, 1.807) is 72.8 Å². The molecule has 0 unspecified atom stereocenters. The molecular weight excluding hydrogens is 414 g/mol. The van der Waals surface area contributed by atoms with E-state index in [4.69, 9.17) is 15.8 Å². The number of nitriles is 3. The third-order valence-electron chi connectivity index (χ3n) is 4.45. The largest absolute Gasteiger partial charge is 0.324 e. The lowest BCUT2D eigenvalue weighted by Gasteiger charge is -2.12. The van der Waals surface area contributed by atoms with Gasteiger partial charge in [0.2, 0.25) is 17.8 Å². The minimum absolute atomic E-state index is 0.280. The molecule has 0 aliphatic carbocycles. The molecule has 3 aromatic carbocycles. The molecule has 0 spiro atoms. The Morgan fingerprint density at radius 1 is 0.424 bits per heavy atom. The van der Waals surface area contributed by atoms with E-state index < -0.39 is 0 Å². The monoisotopic (exact) mass is 429 g/mol. The molecule has 0 fully saturated rings. The maximum atomic E-state index is 8.98. The van der Waals surface area contributed by atoms with Crippen molar-refractivity contribution in [2.75, 3.05) is 16.0 Å². The molecule has 0 aliphatic rings. The minimum atomic E-state index is 0.280. The fourth-order valence-electron chi connectivity index (χ4n) is 2.82. The van der Waals surface area contributed by atoms with Gasteiger partial charge in [0.25, 0.3) is 0 Å². The number of nitrogens with zero attached hydrogens (tertiary/aromatic N) is 6. The highest BCUT2D eigenvalue weighted by Crippen LogP contribution is 2.21. The lowest BCUT2D eigenvalue weighted by atomic mass is 10.2. The Bertz CT molecular complexity index is 1200. The van der Waals surface area contributed by atoms with Crippen LogP contribution < -0.4 is 16.0 Å². The van der Waals surface area contributed by atoms with Gasteiger partial charge in [0.15, 0.2) is 0 Å². The van der Waals surface area contributed by atoms with E-state index in [0.717, 1.165) is 0 Å². The number of benzene rings is 3. The molecule has 0 amide bonds. The highest BCUT2D eigenvalue weighted by atomic mass is 15.3. The number of aromatic nitrogens is 3. The first kappa shape index (κ1) is 20.8. The van der Waals surface area contributed by atoms with Gasteiger partial charge in [-0.25, -0.2) is 0 Å². The zero-order valence-corrected chi connectivity index (χ0v) is 17.1.